The number of nitrogen functional groups attached to an aromatic ring is 1. The molecule has 0 aliphatic rings. The zero-order chi connectivity index (χ0) is 31.6. The highest BCUT2D eigenvalue weighted by molar-refractivity contribution is 6.32. The number of hydrogen-bond acceptors (Lipinski definition) is 10. The molecule has 4 rings (SSSR count). The number of benzene rings is 1. The molecule has 0 aliphatic carbocycles. The zero-order valence-corrected chi connectivity index (χ0v) is 24.2. The molecule has 1 amide bonds. The molecule has 3 N–H and O–H groups in total. The maximum Gasteiger partial charge on any atom is 0.491 e. The lowest BCUT2D eigenvalue weighted by atomic mass is 9.94. The van der Waals surface area contributed by atoms with Crippen molar-refractivity contribution in [3.8, 4) is 16.9 Å². The van der Waals surface area contributed by atoms with Crippen molar-refractivity contribution in [2.24, 2.45) is 0 Å². The minimum atomic E-state index is -5.22. The number of anilines is 1. The molecule has 0 fully saturated rings. The van der Waals surface area contributed by atoms with Crippen LogP contribution in [-0.4, -0.2) is 79.8 Å². The Balaban J connectivity index is 1.85. The Labute approximate surface area is 248 Å². The highest BCUT2D eigenvalue weighted by Crippen LogP contribution is 2.43. The van der Waals surface area contributed by atoms with Gasteiger partial charge in [0.1, 0.15) is 23.6 Å². The third-order valence-electron chi connectivity index (χ3n) is 6.69. The summed E-state index contributed by atoms with van der Waals surface area (Å²) in [6.45, 7) is 3.92. The lowest BCUT2D eigenvalue weighted by Crippen LogP contribution is -2.30. The number of rotatable bonds is 9. The molecular formula is C27H27ClF3N7O5. The standard InChI is InChI=1S/C27H27ClF3N7O5/c1-13-18(28)9-17(15(3)38-24-21(14(2)36-38)23(32)34-11-35-24)22(42-12-43-26(41)27(29,30)31)20(13)16-5-6-19(33-10-16)25(40)37(4)7-8-39/h5-6,9-11,15,39H,7-8,12H2,1-4H3,(H2,32,34,35). The number of ether oxygens (including phenoxy) is 2. The Hall–Kier alpha value is -4.50. The van der Waals surface area contributed by atoms with Crippen LogP contribution in [0.15, 0.2) is 30.7 Å². The van der Waals surface area contributed by atoms with Crippen molar-refractivity contribution in [1.29, 1.82) is 0 Å². The van der Waals surface area contributed by atoms with Gasteiger partial charge in [-0.3, -0.25) is 9.78 Å². The van der Waals surface area contributed by atoms with Gasteiger partial charge in [0.05, 0.1) is 23.7 Å². The molecule has 12 nitrogen and oxygen atoms in total. The minimum absolute atomic E-state index is 0.0333. The van der Waals surface area contributed by atoms with Crippen LogP contribution in [0.5, 0.6) is 5.75 Å². The molecule has 0 radical (unpaired) electrons. The first kappa shape index (κ1) is 31.4. The van der Waals surface area contributed by atoms with E-state index in [1.165, 1.54) is 30.5 Å². The second kappa shape index (κ2) is 12.4. The first-order valence-corrected chi connectivity index (χ1v) is 13.1. The number of aliphatic hydroxyl groups excluding tert-OH is 1. The van der Waals surface area contributed by atoms with Gasteiger partial charge in [-0.2, -0.15) is 18.3 Å². The molecule has 0 spiro atoms. The molecule has 43 heavy (non-hydrogen) atoms. The van der Waals surface area contributed by atoms with Gasteiger partial charge in [-0.05, 0) is 38.5 Å². The Kier molecular flexibility index (Phi) is 9.06. The number of nitrogens with two attached hydrogens (primary N) is 1. The fourth-order valence-electron chi connectivity index (χ4n) is 4.47. The van der Waals surface area contributed by atoms with Crippen LogP contribution in [0.4, 0.5) is 19.0 Å². The van der Waals surface area contributed by atoms with Gasteiger partial charge < -0.3 is 25.2 Å². The number of alkyl halides is 3. The van der Waals surface area contributed by atoms with E-state index in [0.29, 0.717) is 39.0 Å². The Morgan fingerprint density at radius 1 is 1.21 bits per heavy atom. The van der Waals surface area contributed by atoms with E-state index in [9.17, 15) is 22.8 Å². The number of carbonyl (C=O) groups is 2. The van der Waals surface area contributed by atoms with Crippen LogP contribution >= 0.6 is 11.6 Å². The van der Waals surface area contributed by atoms with Crippen LogP contribution in [0.25, 0.3) is 22.2 Å². The first-order valence-electron chi connectivity index (χ1n) is 12.7. The van der Waals surface area contributed by atoms with E-state index in [0.717, 1.165) is 0 Å². The number of aromatic nitrogens is 5. The summed E-state index contributed by atoms with van der Waals surface area (Å²) in [5.41, 5.74) is 8.62. The largest absolute Gasteiger partial charge is 0.491 e. The summed E-state index contributed by atoms with van der Waals surface area (Å²) in [5, 5.41) is 14.5. The molecular weight excluding hydrogens is 595 g/mol. The van der Waals surface area contributed by atoms with E-state index in [1.807, 2.05) is 0 Å². The summed E-state index contributed by atoms with van der Waals surface area (Å²) in [4.78, 5) is 37.9. The summed E-state index contributed by atoms with van der Waals surface area (Å²) < 4.78 is 50.1. The fourth-order valence-corrected chi connectivity index (χ4v) is 4.68. The smallest absolute Gasteiger partial charge is 0.456 e. The lowest BCUT2D eigenvalue weighted by Gasteiger charge is -2.23. The molecule has 0 saturated carbocycles. The predicted octanol–water partition coefficient (Wildman–Crippen LogP) is 3.86. The number of aryl methyl sites for hydroxylation is 1. The molecule has 16 heteroatoms. The Morgan fingerprint density at radius 2 is 1.93 bits per heavy atom. The van der Waals surface area contributed by atoms with Crippen LogP contribution in [0, 0.1) is 13.8 Å². The molecule has 3 aromatic heterocycles. The van der Waals surface area contributed by atoms with Gasteiger partial charge in [0.2, 0.25) is 6.79 Å². The summed E-state index contributed by atoms with van der Waals surface area (Å²) in [5.74, 6) is -2.61. The quantitative estimate of drug-likeness (QED) is 0.208. The minimum Gasteiger partial charge on any atom is -0.456 e. The summed E-state index contributed by atoms with van der Waals surface area (Å²) in [6, 6.07) is 3.90. The first-order chi connectivity index (χ1) is 20.3. The van der Waals surface area contributed by atoms with Crippen molar-refractivity contribution in [1.82, 2.24) is 29.6 Å². The predicted molar refractivity (Wildman–Crippen MR) is 149 cm³/mol. The lowest BCUT2D eigenvalue weighted by molar-refractivity contribution is -0.205. The third kappa shape index (κ3) is 6.32. The van der Waals surface area contributed by atoms with E-state index in [1.54, 1.807) is 37.6 Å². The maximum atomic E-state index is 12.8. The highest BCUT2D eigenvalue weighted by atomic mass is 35.5. The fraction of sp³-hybridized carbons (Fsp3) is 0.333. The Morgan fingerprint density at radius 3 is 2.56 bits per heavy atom. The van der Waals surface area contributed by atoms with Gasteiger partial charge in [-0.1, -0.05) is 17.7 Å². The number of pyridine rings is 1. The zero-order valence-electron chi connectivity index (χ0n) is 23.4. The maximum absolute atomic E-state index is 12.8. The second-order valence-electron chi connectivity index (χ2n) is 9.51. The molecule has 0 bridgehead atoms. The van der Waals surface area contributed by atoms with Gasteiger partial charge in [0.25, 0.3) is 5.91 Å². The highest BCUT2D eigenvalue weighted by Gasteiger charge is 2.41. The number of amides is 1. The number of hydrogen-bond donors (Lipinski definition) is 2. The number of esters is 1. The Bertz CT molecular complexity index is 1680. The second-order valence-corrected chi connectivity index (χ2v) is 9.92. The number of likely N-dealkylation sites (N-methyl/N-ethyl adjacent to an activating group) is 1. The van der Waals surface area contributed by atoms with Gasteiger partial charge in [-0.25, -0.2) is 19.4 Å². The average molecular weight is 622 g/mol. The molecule has 0 saturated heterocycles. The van der Waals surface area contributed by atoms with E-state index in [4.69, 9.17) is 27.2 Å². The monoisotopic (exact) mass is 621 g/mol. The van der Waals surface area contributed by atoms with Crippen LogP contribution < -0.4 is 10.5 Å². The number of aliphatic hydroxyl groups is 1. The molecule has 1 atom stereocenters. The van der Waals surface area contributed by atoms with Crippen molar-refractivity contribution in [3.63, 3.8) is 0 Å². The van der Waals surface area contributed by atoms with Crippen molar-refractivity contribution >= 4 is 40.3 Å². The van der Waals surface area contributed by atoms with Gasteiger partial charge in [0, 0.05) is 41.5 Å². The molecule has 1 unspecified atom stereocenters. The average Bonchev–Trinajstić information content (AvgIpc) is 3.31. The number of nitrogens with zero attached hydrogens (tertiary/aromatic N) is 6. The van der Waals surface area contributed by atoms with E-state index < -0.39 is 30.9 Å². The topological polar surface area (TPSA) is 159 Å². The number of halogens is 4. The van der Waals surface area contributed by atoms with Crippen molar-refractivity contribution in [2.45, 2.75) is 33.0 Å². The molecule has 3 heterocycles. The van der Waals surface area contributed by atoms with E-state index >= 15 is 0 Å². The molecule has 4 aromatic rings. The summed E-state index contributed by atoms with van der Waals surface area (Å²) in [6.07, 6.45) is -2.57. The normalized spacial score (nSPS) is 12.3. The van der Waals surface area contributed by atoms with Crippen LogP contribution in [-0.2, 0) is 9.53 Å². The SMILES string of the molecule is Cc1c(Cl)cc(C(C)n2nc(C)c3c(N)ncnc32)c(OCOC(=O)C(F)(F)F)c1-c1ccc(C(=O)N(C)CCO)nc1. The summed E-state index contributed by atoms with van der Waals surface area (Å²) in [7, 11) is 1.51. The molecule has 1 aromatic carbocycles. The number of fused-ring (bicyclic) bond motifs is 1. The molecule has 0 aliphatic heterocycles. The van der Waals surface area contributed by atoms with Crippen molar-refractivity contribution in [2.75, 3.05) is 32.7 Å². The van der Waals surface area contributed by atoms with Crippen LogP contribution in [0.2, 0.25) is 5.02 Å². The van der Waals surface area contributed by atoms with Crippen LogP contribution in [0.1, 0.15) is 40.3 Å². The van der Waals surface area contributed by atoms with Crippen LogP contribution in [0.3, 0.4) is 0 Å². The summed E-state index contributed by atoms with van der Waals surface area (Å²) >= 11 is 6.65. The van der Waals surface area contributed by atoms with Crippen molar-refractivity contribution in [3.05, 3.63) is 58.3 Å². The van der Waals surface area contributed by atoms with E-state index in [2.05, 4.69) is 24.8 Å². The van der Waals surface area contributed by atoms with Crippen molar-refractivity contribution < 1.29 is 37.3 Å². The third-order valence-corrected chi connectivity index (χ3v) is 7.09. The molecule has 228 valence electrons. The van der Waals surface area contributed by atoms with Gasteiger partial charge in [-0.15, -0.1) is 0 Å². The number of carbonyl (C=O) groups excluding carboxylic acids is 2. The van der Waals surface area contributed by atoms with Gasteiger partial charge >= 0.3 is 12.1 Å². The van der Waals surface area contributed by atoms with E-state index in [-0.39, 0.29) is 35.4 Å². The van der Waals surface area contributed by atoms with Gasteiger partial charge in [0.15, 0.2) is 5.65 Å².